The molecule has 0 radical (unpaired) electrons. The van der Waals surface area contributed by atoms with Crippen LogP contribution in [0.4, 0.5) is 4.39 Å². The van der Waals surface area contributed by atoms with Gasteiger partial charge >= 0.3 is 0 Å². The van der Waals surface area contributed by atoms with E-state index in [0.29, 0.717) is 21.7 Å². The van der Waals surface area contributed by atoms with E-state index in [-0.39, 0.29) is 5.82 Å². The van der Waals surface area contributed by atoms with E-state index in [1.54, 1.807) is 6.07 Å². The van der Waals surface area contributed by atoms with Crippen molar-refractivity contribution < 1.29 is 14.2 Å². The van der Waals surface area contributed by atoms with E-state index < -0.39 is 6.10 Å². The lowest BCUT2D eigenvalue weighted by atomic mass is 9.83. The molecule has 0 saturated heterocycles. The number of hydrogen-bond donors (Lipinski definition) is 1. The fourth-order valence-corrected chi connectivity index (χ4v) is 4.42. The van der Waals surface area contributed by atoms with Crippen LogP contribution in [0.1, 0.15) is 43.8 Å². The van der Waals surface area contributed by atoms with Crippen molar-refractivity contribution >= 4 is 15.9 Å². The van der Waals surface area contributed by atoms with Gasteiger partial charge in [-0.2, -0.15) is 0 Å². The molecule has 1 aromatic rings. The fourth-order valence-electron chi connectivity index (χ4n) is 4.06. The van der Waals surface area contributed by atoms with Crippen LogP contribution in [-0.2, 0) is 0 Å². The molecule has 0 aromatic heterocycles. The molecule has 2 nitrogen and oxygen atoms in total. The second kappa shape index (κ2) is 5.64. The predicted molar refractivity (Wildman–Crippen MR) is 79.2 cm³/mol. The van der Waals surface area contributed by atoms with Gasteiger partial charge in [0.1, 0.15) is 11.6 Å². The van der Waals surface area contributed by atoms with Crippen molar-refractivity contribution in [3.8, 4) is 5.75 Å². The molecule has 0 spiro atoms. The molecule has 4 heteroatoms. The van der Waals surface area contributed by atoms with Crippen molar-refractivity contribution in [2.75, 3.05) is 7.11 Å². The smallest absolute Gasteiger partial charge is 0.141 e. The first-order chi connectivity index (χ1) is 9.58. The topological polar surface area (TPSA) is 29.5 Å². The van der Waals surface area contributed by atoms with Crippen LogP contribution < -0.4 is 4.74 Å². The van der Waals surface area contributed by atoms with Crippen molar-refractivity contribution in [3.63, 3.8) is 0 Å². The quantitative estimate of drug-likeness (QED) is 0.875. The van der Waals surface area contributed by atoms with E-state index in [0.717, 1.165) is 18.3 Å². The van der Waals surface area contributed by atoms with Gasteiger partial charge in [-0.25, -0.2) is 4.39 Å². The number of methoxy groups -OCH3 is 1. The van der Waals surface area contributed by atoms with E-state index in [9.17, 15) is 9.50 Å². The minimum absolute atomic E-state index is 0.363. The van der Waals surface area contributed by atoms with Crippen molar-refractivity contribution in [1.82, 2.24) is 0 Å². The summed E-state index contributed by atoms with van der Waals surface area (Å²) in [5.74, 6) is 2.33. The molecule has 3 rings (SSSR count). The highest BCUT2D eigenvalue weighted by Crippen LogP contribution is 2.51. The van der Waals surface area contributed by atoms with E-state index in [1.165, 1.54) is 38.9 Å². The summed E-state index contributed by atoms with van der Waals surface area (Å²) in [4.78, 5) is 0. The first kappa shape index (κ1) is 14.3. The van der Waals surface area contributed by atoms with Gasteiger partial charge in [0.15, 0.2) is 0 Å². The Morgan fingerprint density at radius 2 is 2.20 bits per heavy atom. The Morgan fingerprint density at radius 1 is 1.40 bits per heavy atom. The number of aliphatic hydroxyl groups is 1. The SMILES string of the molecule is COc1cc(F)c(Br)cc1C(O)CC1CC2CCC1C2. The molecule has 4 unspecified atom stereocenters. The van der Waals surface area contributed by atoms with Crippen LogP contribution in [0.5, 0.6) is 5.75 Å². The van der Waals surface area contributed by atoms with E-state index >= 15 is 0 Å². The van der Waals surface area contributed by atoms with E-state index in [1.807, 2.05) is 0 Å². The Kier molecular flexibility index (Phi) is 4.04. The average Bonchev–Trinajstić information content (AvgIpc) is 3.03. The van der Waals surface area contributed by atoms with Gasteiger partial charge in [-0.1, -0.05) is 6.42 Å². The summed E-state index contributed by atoms with van der Waals surface area (Å²) in [6.45, 7) is 0. The molecule has 2 fully saturated rings. The van der Waals surface area contributed by atoms with Gasteiger partial charge in [0.2, 0.25) is 0 Å². The minimum Gasteiger partial charge on any atom is -0.496 e. The zero-order valence-corrected chi connectivity index (χ0v) is 13.2. The largest absolute Gasteiger partial charge is 0.496 e. The number of halogens is 2. The van der Waals surface area contributed by atoms with Gasteiger partial charge in [0.05, 0.1) is 17.7 Å². The molecule has 0 amide bonds. The van der Waals surface area contributed by atoms with E-state index in [4.69, 9.17) is 4.74 Å². The third-order valence-corrected chi connectivity index (χ3v) is 5.65. The number of fused-ring (bicyclic) bond motifs is 2. The maximum atomic E-state index is 13.5. The lowest BCUT2D eigenvalue weighted by molar-refractivity contribution is 0.122. The van der Waals surface area contributed by atoms with Gasteiger partial charge < -0.3 is 9.84 Å². The molecule has 1 aromatic carbocycles. The Hall–Kier alpha value is -0.610. The fraction of sp³-hybridized carbons (Fsp3) is 0.625. The predicted octanol–water partition coefficient (Wildman–Crippen LogP) is 4.46. The molecule has 2 saturated carbocycles. The molecule has 0 heterocycles. The van der Waals surface area contributed by atoms with Crippen LogP contribution in [0, 0.1) is 23.6 Å². The normalized spacial score (nSPS) is 29.7. The molecule has 2 aliphatic carbocycles. The summed E-state index contributed by atoms with van der Waals surface area (Å²) in [5, 5.41) is 10.5. The number of benzene rings is 1. The van der Waals surface area contributed by atoms with E-state index in [2.05, 4.69) is 15.9 Å². The molecule has 4 atom stereocenters. The first-order valence-corrected chi connectivity index (χ1v) is 8.08. The second-order valence-electron chi connectivity index (χ2n) is 6.19. The summed E-state index contributed by atoms with van der Waals surface area (Å²) in [6.07, 6.45) is 5.43. The van der Waals surface area contributed by atoms with Crippen molar-refractivity contribution in [1.29, 1.82) is 0 Å². The van der Waals surface area contributed by atoms with Crippen LogP contribution in [-0.4, -0.2) is 12.2 Å². The molecular formula is C16H20BrFO2. The number of ether oxygens (including phenoxy) is 1. The van der Waals surface area contributed by atoms with Crippen LogP contribution >= 0.6 is 15.9 Å². The molecule has 1 N–H and O–H groups in total. The molecule has 2 bridgehead atoms. The first-order valence-electron chi connectivity index (χ1n) is 7.29. The molecule has 0 aliphatic heterocycles. The standard InChI is InChI=1S/C16H20BrFO2/c1-20-16-8-14(18)13(17)7-12(16)15(19)6-11-5-9-2-3-10(11)4-9/h7-11,15,19H,2-6H2,1H3. The van der Waals surface area contributed by atoms with Gasteiger partial charge in [-0.05, 0) is 65.4 Å². The minimum atomic E-state index is -0.578. The monoisotopic (exact) mass is 342 g/mol. The van der Waals surface area contributed by atoms with Crippen molar-refractivity contribution in [2.24, 2.45) is 17.8 Å². The number of rotatable bonds is 4. The molecule has 2 aliphatic rings. The number of hydrogen-bond acceptors (Lipinski definition) is 2. The lowest BCUT2D eigenvalue weighted by Crippen LogP contribution is -2.15. The van der Waals surface area contributed by atoms with Gasteiger partial charge in [-0.3, -0.25) is 0 Å². The summed E-state index contributed by atoms with van der Waals surface area (Å²) < 4.78 is 19.1. The second-order valence-corrected chi connectivity index (χ2v) is 7.05. The lowest BCUT2D eigenvalue weighted by Gasteiger charge is -2.25. The maximum absolute atomic E-state index is 13.5. The van der Waals surface area contributed by atoms with Crippen LogP contribution in [0.15, 0.2) is 16.6 Å². The summed E-state index contributed by atoms with van der Waals surface area (Å²) in [5.41, 5.74) is 0.684. The maximum Gasteiger partial charge on any atom is 0.141 e. The van der Waals surface area contributed by atoms with Gasteiger partial charge in [-0.15, -0.1) is 0 Å². The highest BCUT2D eigenvalue weighted by molar-refractivity contribution is 9.10. The van der Waals surface area contributed by atoms with Gasteiger partial charge in [0.25, 0.3) is 0 Å². The summed E-state index contributed by atoms with van der Waals surface area (Å²) in [7, 11) is 1.51. The summed E-state index contributed by atoms with van der Waals surface area (Å²) in [6, 6.07) is 2.98. The zero-order valence-electron chi connectivity index (χ0n) is 11.6. The zero-order chi connectivity index (χ0) is 14.3. The molecule has 20 heavy (non-hydrogen) atoms. The number of aliphatic hydroxyl groups excluding tert-OH is 1. The highest BCUT2D eigenvalue weighted by Gasteiger charge is 2.40. The Balaban J connectivity index is 1.76. The van der Waals surface area contributed by atoms with Crippen molar-refractivity contribution in [2.45, 2.75) is 38.2 Å². The Morgan fingerprint density at radius 3 is 2.80 bits per heavy atom. The Bertz CT molecular complexity index is 505. The summed E-state index contributed by atoms with van der Waals surface area (Å²) >= 11 is 3.18. The Labute approximate surface area is 127 Å². The van der Waals surface area contributed by atoms with Crippen molar-refractivity contribution in [3.05, 3.63) is 28.0 Å². The van der Waals surface area contributed by atoms with Crippen LogP contribution in [0.3, 0.4) is 0 Å². The third kappa shape index (κ3) is 2.60. The van der Waals surface area contributed by atoms with Crippen LogP contribution in [0.25, 0.3) is 0 Å². The third-order valence-electron chi connectivity index (χ3n) is 5.04. The molecular weight excluding hydrogens is 323 g/mol. The highest BCUT2D eigenvalue weighted by atomic mass is 79.9. The van der Waals surface area contributed by atoms with Crippen LogP contribution in [0.2, 0.25) is 0 Å². The van der Waals surface area contributed by atoms with Gasteiger partial charge in [0, 0.05) is 11.6 Å². The molecule has 110 valence electrons. The average molecular weight is 343 g/mol.